The van der Waals surface area contributed by atoms with Gasteiger partial charge in [0.2, 0.25) is 0 Å². The summed E-state index contributed by atoms with van der Waals surface area (Å²) in [6.07, 6.45) is 7.47. The molecule has 2 aromatic carbocycles. The Kier molecular flexibility index (Phi) is 2.75. The molecule has 21 heavy (non-hydrogen) atoms. The van der Waals surface area contributed by atoms with Crippen LogP contribution in [0.4, 0.5) is 5.69 Å². The molecule has 2 heterocycles. The maximum Gasteiger partial charge on any atom is 0.0829 e. The maximum atomic E-state index is 4.38. The summed E-state index contributed by atoms with van der Waals surface area (Å²) < 4.78 is 0. The fourth-order valence-electron chi connectivity index (χ4n) is 2.61. The van der Waals surface area contributed by atoms with Gasteiger partial charge >= 0.3 is 0 Å². The zero-order valence-electron chi connectivity index (χ0n) is 11.3. The highest BCUT2D eigenvalue weighted by Crippen LogP contribution is 2.34. The molecule has 0 saturated carbocycles. The molecule has 3 nitrogen and oxygen atoms in total. The molecule has 0 fully saturated rings. The molecule has 0 unspecified atom stereocenters. The van der Waals surface area contributed by atoms with Gasteiger partial charge in [-0.25, -0.2) is 0 Å². The van der Waals surface area contributed by atoms with E-state index in [4.69, 9.17) is 0 Å². The van der Waals surface area contributed by atoms with Gasteiger partial charge in [-0.3, -0.25) is 9.98 Å². The quantitative estimate of drug-likeness (QED) is 0.774. The first-order valence-electron chi connectivity index (χ1n) is 6.85. The van der Waals surface area contributed by atoms with Crippen LogP contribution in [0.5, 0.6) is 0 Å². The van der Waals surface area contributed by atoms with Gasteiger partial charge in [0.15, 0.2) is 0 Å². The van der Waals surface area contributed by atoms with Crippen LogP contribution in [0.15, 0.2) is 82.7 Å². The van der Waals surface area contributed by atoms with Crippen molar-refractivity contribution in [3.63, 3.8) is 0 Å². The molecule has 4 rings (SSSR count). The molecule has 2 aromatic rings. The molecule has 100 valence electrons. The predicted molar refractivity (Wildman–Crippen MR) is 87.5 cm³/mol. The van der Waals surface area contributed by atoms with E-state index in [0.717, 1.165) is 28.2 Å². The number of allylic oxidation sites excluding steroid dienone is 1. The molecule has 3 heteroatoms. The topological polar surface area (TPSA) is 28.0 Å². The molecule has 0 aliphatic carbocycles. The normalized spacial score (nSPS) is 15.7. The van der Waals surface area contributed by atoms with E-state index >= 15 is 0 Å². The number of hydrogen-bond acceptors (Lipinski definition) is 3. The highest BCUT2D eigenvalue weighted by molar-refractivity contribution is 6.03. The van der Waals surface area contributed by atoms with Gasteiger partial charge in [0.1, 0.15) is 0 Å². The summed E-state index contributed by atoms with van der Waals surface area (Å²) in [7, 11) is 0. The summed E-state index contributed by atoms with van der Waals surface area (Å²) in [6, 6.07) is 18.5. The van der Waals surface area contributed by atoms with Crippen molar-refractivity contribution in [1.82, 2.24) is 0 Å². The first-order valence-corrected chi connectivity index (χ1v) is 6.85. The third-order valence-corrected chi connectivity index (χ3v) is 3.57. The Morgan fingerprint density at radius 1 is 0.714 bits per heavy atom. The van der Waals surface area contributed by atoms with Crippen LogP contribution in [-0.2, 0) is 0 Å². The third kappa shape index (κ3) is 1.99. The summed E-state index contributed by atoms with van der Waals surface area (Å²) in [5.41, 5.74) is 5.38. The number of hydrogen-bond donors (Lipinski definition) is 0. The second-order valence-corrected chi connectivity index (χ2v) is 4.88. The molecule has 0 saturated heterocycles. The van der Waals surface area contributed by atoms with E-state index in [2.05, 4.69) is 39.2 Å². The minimum atomic E-state index is 0.970. The lowest BCUT2D eigenvalue weighted by Crippen LogP contribution is -2.24. The first-order chi connectivity index (χ1) is 10.4. The monoisotopic (exact) mass is 271 g/mol. The summed E-state index contributed by atoms with van der Waals surface area (Å²) in [5, 5.41) is 0. The van der Waals surface area contributed by atoms with Crippen LogP contribution in [0.1, 0.15) is 11.1 Å². The van der Waals surface area contributed by atoms with E-state index in [1.54, 1.807) is 0 Å². The minimum Gasteiger partial charge on any atom is -0.305 e. The standard InChI is InChI=1S/C18H13N3/c1-2-6-14(7-3-1)18-13-20-12-16-11-19-10-15-8-4-5-9-17(15)21(16)18/h1-13H. The zero-order valence-corrected chi connectivity index (χ0v) is 11.3. The zero-order chi connectivity index (χ0) is 14.1. The fourth-order valence-corrected chi connectivity index (χ4v) is 2.61. The molecule has 0 amide bonds. The lowest BCUT2D eigenvalue weighted by Gasteiger charge is -2.30. The molecular formula is C18H13N3. The molecular weight excluding hydrogens is 258 g/mol. The molecule has 0 spiro atoms. The average molecular weight is 271 g/mol. The van der Waals surface area contributed by atoms with Gasteiger partial charge in [0.05, 0.1) is 35.7 Å². The van der Waals surface area contributed by atoms with Gasteiger partial charge in [-0.2, -0.15) is 0 Å². The van der Waals surface area contributed by atoms with Gasteiger partial charge in [-0.05, 0) is 6.07 Å². The van der Waals surface area contributed by atoms with E-state index < -0.39 is 0 Å². The largest absolute Gasteiger partial charge is 0.305 e. The lowest BCUT2D eigenvalue weighted by atomic mass is 10.1. The molecule has 2 aliphatic heterocycles. The molecule has 2 aliphatic rings. The van der Waals surface area contributed by atoms with E-state index in [1.165, 1.54) is 0 Å². The van der Waals surface area contributed by atoms with Crippen molar-refractivity contribution in [2.45, 2.75) is 0 Å². The van der Waals surface area contributed by atoms with Crippen molar-refractivity contribution < 1.29 is 0 Å². The number of rotatable bonds is 1. The second-order valence-electron chi connectivity index (χ2n) is 4.88. The Hall–Kier alpha value is -2.94. The van der Waals surface area contributed by atoms with Gasteiger partial charge < -0.3 is 4.90 Å². The van der Waals surface area contributed by atoms with Crippen LogP contribution in [0.25, 0.3) is 5.70 Å². The highest BCUT2D eigenvalue weighted by atomic mass is 15.2. The Morgan fingerprint density at radius 2 is 1.48 bits per heavy atom. The van der Waals surface area contributed by atoms with Crippen molar-refractivity contribution >= 4 is 23.8 Å². The SMILES string of the molecule is C1=NC=C(c2ccccc2)N2C1=CN=Cc1ccccc12. The van der Waals surface area contributed by atoms with Crippen LogP contribution >= 0.6 is 0 Å². The van der Waals surface area contributed by atoms with Gasteiger partial charge in [0.25, 0.3) is 0 Å². The van der Waals surface area contributed by atoms with Crippen LogP contribution in [0.2, 0.25) is 0 Å². The maximum absolute atomic E-state index is 4.38. The minimum absolute atomic E-state index is 0.970. The number of fused-ring (bicyclic) bond motifs is 3. The summed E-state index contributed by atoms with van der Waals surface area (Å²) >= 11 is 0. The van der Waals surface area contributed by atoms with Crippen LogP contribution in [0.3, 0.4) is 0 Å². The first kappa shape index (κ1) is 11.9. The number of para-hydroxylation sites is 1. The third-order valence-electron chi connectivity index (χ3n) is 3.57. The van der Waals surface area contributed by atoms with Crippen LogP contribution < -0.4 is 4.90 Å². The molecule has 0 bridgehead atoms. The Morgan fingerprint density at radius 3 is 2.38 bits per heavy atom. The number of nitrogens with zero attached hydrogens (tertiary/aromatic N) is 3. The van der Waals surface area contributed by atoms with Crippen molar-refractivity contribution in [1.29, 1.82) is 0 Å². The molecule has 0 atom stereocenters. The van der Waals surface area contributed by atoms with Crippen molar-refractivity contribution in [3.05, 3.63) is 83.8 Å². The van der Waals surface area contributed by atoms with E-state index in [-0.39, 0.29) is 0 Å². The number of benzene rings is 2. The van der Waals surface area contributed by atoms with Crippen molar-refractivity contribution in [2.75, 3.05) is 4.90 Å². The predicted octanol–water partition coefficient (Wildman–Crippen LogP) is 3.85. The lowest BCUT2D eigenvalue weighted by molar-refractivity contribution is 1.21. The van der Waals surface area contributed by atoms with Gasteiger partial charge in [-0.1, -0.05) is 48.5 Å². The highest BCUT2D eigenvalue weighted by Gasteiger charge is 2.22. The summed E-state index contributed by atoms with van der Waals surface area (Å²) in [6.45, 7) is 0. The molecule has 0 aromatic heterocycles. The van der Waals surface area contributed by atoms with E-state index in [1.807, 2.05) is 55.2 Å². The fraction of sp³-hybridized carbons (Fsp3) is 0. The Labute approximate surface area is 123 Å². The molecule has 0 N–H and O–H groups in total. The van der Waals surface area contributed by atoms with E-state index in [9.17, 15) is 0 Å². The smallest absolute Gasteiger partial charge is 0.0829 e. The second kappa shape index (κ2) is 4.87. The van der Waals surface area contributed by atoms with Crippen molar-refractivity contribution in [2.24, 2.45) is 9.98 Å². The van der Waals surface area contributed by atoms with Crippen LogP contribution in [-0.4, -0.2) is 12.4 Å². The van der Waals surface area contributed by atoms with Crippen LogP contribution in [0, 0.1) is 0 Å². The van der Waals surface area contributed by atoms with E-state index in [0.29, 0.717) is 0 Å². The average Bonchev–Trinajstić information content (AvgIpc) is 2.75. The Balaban J connectivity index is 1.92. The number of aliphatic imine (C=N–C) groups is 2. The Bertz CT molecular complexity index is 798. The summed E-state index contributed by atoms with van der Waals surface area (Å²) in [5.74, 6) is 0. The summed E-state index contributed by atoms with van der Waals surface area (Å²) in [4.78, 5) is 10.9. The van der Waals surface area contributed by atoms with Crippen molar-refractivity contribution in [3.8, 4) is 0 Å². The van der Waals surface area contributed by atoms with Gasteiger partial charge in [0, 0.05) is 17.3 Å². The molecule has 0 radical (unpaired) electrons. The van der Waals surface area contributed by atoms with Gasteiger partial charge in [-0.15, -0.1) is 0 Å². The number of anilines is 1.